The van der Waals surface area contributed by atoms with E-state index < -0.39 is 12.0 Å². The summed E-state index contributed by atoms with van der Waals surface area (Å²) in [5.74, 6) is 0.272. The standard InChI is InChI=1S/C25H20BrNO5/c1-15(31-21-10-6-5-9-20(21)30-2)25(29)27-22-18-7-3-4-8-19(18)32-24(22)23(28)16-11-13-17(26)14-12-16/h3-15H,1-2H3,(H,27,29). The number of rotatable bonds is 7. The van der Waals surface area contributed by atoms with Crippen LogP contribution in [0.1, 0.15) is 23.0 Å². The average Bonchev–Trinajstić information content (AvgIpc) is 3.17. The predicted molar refractivity (Wildman–Crippen MR) is 126 cm³/mol. The van der Waals surface area contributed by atoms with Gasteiger partial charge in [0.2, 0.25) is 5.78 Å². The Morgan fingerprint density at radius 1 is 0.938 bits per heavy atom. The van der Waals surface area contributed by atoms with Gasteiger partial charge < -0.3 is 19.2 Å². The van der Waals surface area contributed by atoms with E-state index in [1.165, 1.54) is 7.11 Å². The van der Waals surface area contributed by atoms with Crippen LogP contribution in [0.2, 0.25) is 0 Å². The number of nitrogens with one attached hydrogen (secondary N) is 1. The Kier molecular flexibility index (Phi) is 6.28. The van der Waals surface area contributed by atoms with Crippen molar-refractivity contribution in [3.63, 3.8) is 0 Å². The third-order valence-electron chi connectivity index (χ3n) is 4.90. The molecule has 1 aromatic heterocycles. The topological polar surface area (TPSA) is 77.8 Å². The zero-order valence-corrected chi connectivity index (χ0v) is 19.0. The first-order valence-corrected chi connectivity index (χ1v) is 10.7. The second-order valence-corrected chi connectivity index (χ2v) is 7.95. The molecule has 0 saturated heterocycles. The molecule has 0 bridgehead atoms. The van der Waals surface area contributed by atoms with Crippen molar-refractivity contribution in [2.75, 3.05) is 12.4 Å². The molecule has 162 valence electrons. The van der Waals surface area contributed by atoms with Crippen LogP contribution < -0.4 is 14.8 Å². The molecular weight excluding hydrogens is 474 g/mol. The number of carbonyl (C=O) groups is 2. The Morgan fingerprint density at radius 3 is 2.31 bits per heavy atom. The minimum Gasteiger partial charge on any atom is -0.493 e. The lowest BCUT2D eigenvalue weighted by Crippen LogP contribution is -2.30. The lowest BCUT2D eigenvalue weighted by Gasteiger charge is -2.16. The summed E-state index contributed by atoms with van der Waals surface area (Å²) in [6, 6.07) is 21.2. The fraction of sp³-hybridized carbons (Fsp3) is 0.120. The van der Waals surface area contributed by atoms with Gasteiger partial charge in [-0.05, 0) is 55.5 Å². The smallest absolute Gasteiger partial charge is 0.265 e. The lowest BCUT2D eigenvalue weighted by atomic mass is 10.1. The van der Waals surface area contributed by atoms with Crippen molar-refractivity contribution >= 4 is 44.3 Å². The maximum atomic E-state index is 13.2. The number of benzene rings is 3. The van der Waals surface area contributed by atoms with Gasteiger partial charge in [0, 0.05) is 15.4 Å². The molecule has 7 heteroatoms. The number of para-hydroxylation sites is 3. The molecular formula is C25H20BrNO5. The Labute approximate surface area is 193 Å². The van der Waals surface area contributed by atoms with Gasteiger partial charge in [-0.25, -0.2) is 0 Å². The molecule has 1 amide bonds. The third-order valence-corrected chi connectivity index (χ3v) is 5.43. The molecule has 1 unspecified atom stereocenters. The van der Waals surface area contributed by atoms with Crippen LogP contribution in [0.25, 0.3) is 11.0 Å². The number of ether oxygens (including phenoxy) is 2. The molecule has 0 fully saturated rings. The van der Waals surface area contributed by atoms with Crippen LogP contribution in [0.4, 0.5) is 5.69 Å². The van der Waals surface area contributed by atoms with Crippen LogP contribution >= 0.6 is 15.9 Å². The molecule has 0 saturated carbocycles. The number of amides is 1. The van der Waals surface area contributed by atoms with Crippen molar-refractivity contribution in [2.45, 2.75) is 13.0 Å². The highest BCUT2D eigenvalue weighted by molar-refractivity contribution is 9.10. The van der Waals surface area contributed by atoms with E-state index in [-0.39, 0.29) is 11.5 Å². The molecule has 0 aliphatic heterocycles. The first-order chi connectivity index (χ1) is 15.5. The van der Waals surface area contributed by atoms with E-state index >= 15 is 0 Å². The zero-order valence-electron chi connectivity index (χ0n) is 17.4. The summed E-state index contributed by atoms with van der Waals surface area (Å²) >= 11 is 3.36. The number of methoxy groups -OCH3 is 1. The predicted octanol–water partition coefficient (Wildman–Crippen LogP) is 5.84. The molecule has 0 radical (unpaired) electrons. The number of furan rings is 1. The molecule has 1 atom stereocenters. The van der Waals surface area contributed by atoms with Crippen LogP contribution in [0.15, 0.2) is 81.7 Å². The minimum absolute atomic E-state index is 0.0614. The fourth-order valence-electron chi connectivity index (χ4n) is 3.25. The van der Waals surface area contributed by atoms with Gasteiger partial charge in [0.1, 0.15) is 5.58 Å². The quantitative estimate of drug-likeness (QED) is 0.327. The van der Waals surface area contributed by atoms with Gasteiger partial charge in [-0.2, -0.15) is 0 Å². The van der Waals surface area contributed by atoms with Crippen molar-refractivity contribution in [1.29, 1.82) is 0 Å². The van der Waals surface area contributed by atoms with E-state index in [4.69, 9.17) is 13.9 Å². The first-order valence-electron chi connectivity index (χ1n) is 9.90. The number of hydrogen-bond acceptors (Lipinski definition) is 5. The van der Waals surface area contributed by atoms with Crippen molar-refractivity contribution in [3.05, 3.63) is 88.6 Å². The Hall–Kier alpha value is -3.58. The number of halogens is 1. The van der Waals surface area contributed by atoms with Gasteiger partial charge in [-0.1, -0.05) is 40.2 Å². The maximum absolute atomic E-state index is 13.2. The Morgan fingerprint density at radius 2 is 1.59 bits per heavy atom. The van der Waals surface area contributed by atoms with Gasteiger partial charge in [-0.15, -0.1) is 0 Å². The summed E-state index contributed by atoms with van der Waals surface area (Å²) in [6.45, 7) is 1.63. The summed E-state index contributed by atoms with van der Waals surface area (Å²) in [5.41, 5.74) is 1.26. The number of hydrogen-bond donors (Lipinski definition) is 1. The highest BCUT2D eigenvalue weighted by Gasteiger charge is 2.26. The first kappa shape index (κ1) is 21.6. The van der Waals surface area contributed by atoms with Crippen molar-refractivity contribution in [3.8, 4) is 11.5 Å². The third kappa shape index (κ3) is 4.38. The van der Waals surface area contributed by atoms with E-state index in [1.807, 2.05) is 12.1 Å². The number of anilines is 1. The minimum atomic E-state index is -0.851. The van der Waals surface area contributed by atoms with Crippen molar-refractivity contribution in [1.82, 2.24) is 0 Å². The monoisotopic (exact) mass is 493 g/mol. The normalized spacial score (nSPS) is 11.7. The van der Waals surface area contributed by atoms with E-state index in [2.05, 4.69) is 21.2 Å². The highest BCUT2D eigenvalue weighted by Crippen LogP contribution is 2.33. The number of carbonyl (C=O) groups excluding carboxylic acids is 2. The van der Waals surface area contributed by atoms with Crippen LogP contribution in [-0.4, -0.2) is 24.9 Å². The molecule has 0 spiro atoms. The molecule has 1 N–H and O–H groups in total. The summed E-state index contributed by atoms with van der Waals surface area (Å²) in [7, 11) is 1.53. The number of fused-ring (bicyclic) bond motifs is 1. The molecule has 3 aromatic carbocycles. The van der Waals surface area contributed by atoms with Gasteiger partial charge in [0.05, 0.1) is 12.8 Å². The van der Waals surface area contributed by atoms with E-state index in [0.717, 1.165) is 4.47 Å². The maximum Gasteiger partial charge on any atom is 0.265 e. The molecule has 1 heterocycles. The van der Waals surface area contributed by atoms with Crippen LogP contribution in [0, 0.1) is 0 Å². The summed E-state index contributed by atoms with van der Waals surface area (Å²) < 4.78 is 17.8. The second kappa shape index (κ2) is 9.28. The van der Waals surface area contributed by atoms with Gasteiger partial charge in [0.15, 0.2) is 23.4 Å². The van der Waals surface area contributed by atoms with E-state index in [9.17, 15) is 9.59 Å². The lowest BCUT2D eigenvalue weighted by molar-refractivity contribution is -0.122. The van der Waals surface area contributed by atoms with Gasteiger partial charge >= 0.3 is 0 Å². The molecule has 0 aliphatic rings. The fourth-order valence-corrected chi connectivity index (χ4v) is 3.51. The van der Waals surface area contributed by atoms with E-state index in [1.54, 1.807) is 67.6 Å². The highest BCUT2D eigenvalue weighted by atomic mass is 79.9. The second-order valence-electron chi connectivity index (χ2n) is 7.04. The summed E-state index contributed by atoms with van der Waals surface area (Å²) in [6.07, 6.45) is -0.851. The van der Waals surface area contributed by atoms with Gasteiger partial charge in [-0.3, -0.25) is 9.59 Å². The average molecular weight is 494 g/mol. The summed E-state index contributed by atoms with van der Waals surface area (Å²) in [4.78, 5) is 26.1. The van der Waals surface area contributed by atoms with Crippen LogP contribution in [0.5, 0.6) is 11.5 Å². The van der Waals surface area contributed by atoms with Crippen molar-refractivity contribution in [2.24, 2.45) is 0 Å². The largest absolute Gasteiger partial charge is 0.493 e. The molecule has 4 aromatic rings. The van der Waals surface area contributed by atoms with Crippen LogP contribution in [0.3, 0.4) is 0 Å². The molecule has 32 heavy (non-hydrogen) atoms. The molecule has 6 nitrogen and oxygen atoms in total. The molecule has 0 aliphatic carbocycles. The van der Waals surface area contributed by atoms with E-state index in [0.29, 0.717) is 33.7 Å². The van der Waals surface area contributed by atoms with Crippen molar-refractivity contribution < 1.29 is 23.5 Å². The zero-order chi connectivity index (χ0) is 22.7. The van der Waals surface area contributed by atoms with Gasteiger partial charge in [0.25, 0.3) is 5.91 Å². The Balaban J connectivity index is 1.64. The number of ketones is 1. The summed E-state index contributed by atoms with van der Waals surface area (Å²) in [5, 5.41) is 3.45. The SMILES string of the molecule is COc1ccccc1OC(C)C(=O)Nc1c(C(=O)c2ccc(Br)cc2)oc2ccccc12. The van der Waals surface area contributed by atoms with Crippen LogP contribution in [-0.2, 0) is 4.79 Å². The Bertz CT molecular complexity index is 1280. The molecule has 4 rings (SSSR count).